The van der Waals surface area contributed by atoms with E-state index in [0.29, 0.717) is 32.1 Å². The number of hydrogen-bond donors (Lipinski definition) is 3. The number of aliphatic hydroxyl groups excluding tert-OH is 1. The van der Waals surface area contributed by atoms with Gasteiger partial charge in [-0.15, -0.1) is 6.58 Å². The molecule has 0 radical (unpaired) electrons. The van der Waals surface area contributed by atoms with Gasteiger partial charge in [0.15, 0.2) is 0 Å². The van der Waals surface area contributed by atoms with Crippen molar-refractivity contribution in [2.75, 3.05) is 0 Å². The highest BCUT2D eigenvalue weighted by Crippen LogP contribution is 2.34. The number of Topliss-reactive ketones (excluding diaryl/α,β-unsaturated/α-hetero) is 1. The van der Waals surface area contributed by atoms with Crippen LogP contribution in [0.25, 0.3) is 0 Å². The smallest absolute Gasteiger partial charge is 0.303 e. The van der Waals surface area contributed by atoms with Crippen LogP contribution in [0.4, 0.5) is 0 Å². The number of aliphatic hydroxyl groups is 2. The number of carboxylic acids is 1. The number of carbonyl (C=O) groups is 2. The Morgan fingerprint density at radius 3 is 2.67 bits per heavy atom. The van der Waals surface area contributed by atoms with E-state index in [1.807, 2.05) is 24.3 Å². The molecule has 1 aliphatic carbocycles. The molecule has 4 unspecified atom stereocenters. The first kappa shape index (κ1) is 23.3. The quantitative estimate of drug-likeness (QED) is 0.335. The molecule has 0 aromatic heterocycles. The van der Waals surface area contributed by atoms with Gasteiger partial charge in [0.25, 0.3) is 0 Å². The molecule has 1 rings (SSSR count). The largest absolute Gasteiger partial charge is 0.481 e. The summed E-state index contributed by atoms with van der Waals surface area (Å²) in [6.07, 6.45) is 13.5. The van der Waals surface area contributed by atoms with Gasteiger partial charge in [-0.2, -0.15) is 0 Å². The van der Waals surface area contributed by atoms with Crippen molar-refractivity contribution < 1.29 is 24.9 Å². The molecule has 1 aliphatic rings. The highest BCUT2D eigenvalue weighted by Gasteiger charge is 2.39. The van der Waals surface area contributed by atoms with Crippen molar-refractivity contribution in [1.82, 2.24) is 0 Å². The summed E-state index contributed by atoms with van der Waals surface area (Å²) >= 11 is 0. The van der Waals surface area contributed by atoms with Crippen LogP contribution in [-0.4, -0.2) is 38.8 Å². The Balaban J connectivity index is 2.59. The van der Waals surface area contributed by atoms with Gasteiger partial charge in [-0.3, -0.25) is 9.59 Å². The second-order valence-corrected chi connectivity index (χ2v) is 7.46. The lowest BCUT2D eigenvalue weighted by Crippen LogP contribution is -2.25. The summed E-state index contributed by atoms with van der Waals surface area (Å²) in [5, 5.41) is 29.4. The molecule has 27 heavy (non-hydrogen) atoms. The standard InChI is InChI=1S/C22H34O5/c1-3-5-14-22(27,4-2)15-10-12-18-17(19(23)16-20(18)24)11-8-6-7-9-13-21(25)26/h4,6,8,10,12,17-18,20,24,27H,2-3,5,7,9,11,13-16H2,1H3,(H,25,26). The SMILES string of the molecule is C=CC(O)(CC=CC1C(O)CC(=O)C1CC=CCCCC(=O)O)CCCC. The summed E-state index contributed by atoms with van der Waals surface area (Å²) in [5.74, 6) is -1.26. The number of rotatable bonds is 13. The summed E-state index contributed by atoms with van der Waals surface area (Å²) in [7, 11) is 0. The Hall–Kier alpha value is -1.72. The van der Waals surface area contributed by atoms with E-state index in [0.717, 1.165) is 12.8 Å². The zero-order valence-corrected chi connectivity index (χ0v) is 16.3. The summed E-state index contributed by atoms with van der Waals surface area (Å²) in [5.41, 5.74) is -0.945. The first-order valence-electron chi connectivity index (χ1n) is 9.93. The molecule has 5 nitrogen and oxygen atoms in total. The van der Waals surface area contributed by atoms with Crippen LogP contribution in [0.3, 0.4) is 0 Å². The van der Waals surface area contributed by atoms with Crippen molar-refractivity contribution in [3.8, 4) is 0 Å². The fraction of sp³-hybridized carbons (Fsp3) is 0.636. The van der Waals surface area contributed by atoms with Gasteiger partial charge in [-0.1, -0.05) is 50.1 Å². The average molecular weight is 379 g/mol. The average Bonchev–Trinajstić information content (AvgIpc) is 2.89. The third-order valence-corrected chi connectivity index (χ3v) is 5.22. The molecule has 5 heteroatoms. The minimum atomic E-state index is -0.945. The molecular formula is C22H34O5. The monoisotopic (exact) mass is 378 g/mol. The van der Waals surface area contributed by atoms with Crippen LogP contribution in [0.2, 0.25) is 0 Å². The molecule has 3 N–H and O–H groups in total. The van der Waals surface area contributed by atoms with Gasteiger partial charge in [0.1, 0.15) is 5.78 Å². The predicted molar refractivity (Wildman–Crippen MR) is 106 cm³/mol. The Bertz CT molecular complexity index is 551. The van der Waals surface area contributed by atoms with Crippen molar-refractivity contribution in [2.24, 2.45) is 11.8 Å². The number of aliphatic carboxylic acids is 1. The number of allylic oxidation sites excluding steroid dienone is 2. The molecule has 1 saturated carbocycles. The second-order valence-electron chi connectivity index (χ2n) is 7.46. The van der Waals surface area contributed by atoms with Crippen LogP contribution >= 0.6 is 0 Å². The molecule has 0 aromatic rings. The Labute approximate surface area is 162 Å². The number of carbonyl (C=O) groups excluding carboxylic acids is 1. The van der Waals surface area contributed by atoms with Crippen LogP contribution in [0.15, 0.2) is 37.0 Å². The summed E-state index contributed by atoms with van der Waals surface area (Å²) in [6, 6.07) is 0. The molecular weight excluding hydrogens is 344 g/mol. The van der Waals surface area contributed by atoms with Gasteiger partial charge in [-0.25, -0.2) is 0 Å². The van der Waals surface area contributed by atoms with E-state index < -0.39 is 17.7 Å². The molecule has 0 saturated heterocycles. The van der Waals surface area contributed by atoms with Crippen molar-refractivity contribution in [2.45, 2.75) is 76.4 Å². The lowest BCUT2D eigenvalue weighted by molar-refractivity contribution is -0.137. The van der Waals surface area contributed by atoms with E-state index in [1.54, 1.807) is 6.08 Å². The summed E-state index contributed by atoms with van der Waals surface area (Å²) in [4.78, 5) is 22.7. The van der Waals surface area contributed by atoms with Crippen LogP contribution in [-0.2, 0) is 9.59 Å². The van der Waals surface area contributed by atoms with Gasteiger partial charge in [-0.05, 0) is 32.1 Å². The minimum Gasteiger partial charge on any atom is -0.481 e. The van der Waals surface area contributed by atoms with Gasteiger partial charge < -0.3 is 15.3 Å². The van der Waals surface area contributed by atoms with Crippen LogP contribution in [0.5, 0.6) is 0 Å². The van der Waals surface area contributed by atoms with Gasteiger partial charge in [0, 0.05) is 24.7 Å². The van der Waals surface area contributed by atoms with E-state index in [4.69, 9.17) is 5.11 Å². The van der Waals surface area contributed by atoms with Crippen LogP contribution in [0, 0.1) is 11.8 Å². The van der Waals surface area contributed by atoms with Crippen LogP contribution in [0.1, 0.15) is 64.7 Å². The molecule has 0 heterocycles. The fourth-order valence-electron chi connectivity index (χ4n) is 3.46. The fourth-order valence-corrected chi connectivity index (χ4v) is 3.46. The third-order valence-electron chi connectivity index (χ3n) is 5.22. The Kier molecular flexibility index (Phi) is 10.3. The normalized spacial score (nSPS) is 25.3. The highest BCUT2D eigenvalue weighted by molar-refractivity contribution is 5.84. The maximum absolute atomic E-state index is 12.2. The molecule has 0 aromatic carbocycles. The molecule has 1 fully saturated rings. The maximum Gasteiger partial charge on any atom is 0.303 e. The lowest BCUT2D eigenvalue weighted by atomic mass is 9.88. The highest BCUT2D eigenvalue weighted by atomic mass is 16.4. The lowest BCUT2D eigenvalue weighted by Gasteiger charge is -2.23. The number of unbranched alkanes of at least 4 members (excludes halogenated alkanes) is 2. The number of ketones is 1. The third kappa shape index (κ3) is 8.22. The van der Waals surface area contributed by atoms with E-state index in [-0.39, 0.29) is 30.5 Å². The molecule has 0 aliphatic heterocycles. The maximum atomic E-state index is 12.2. The van der Waals surface area contributed by atoms with E-state index in [2.05, 4.69) is 13.5 Å². The minimum absolute atomic E-state index is 0.0531. The van der Waals surface area contributed by atoms with Gasteiger partial charge in [0.2, 0.25) is 0 Å². The van der Waals surface area contributed by atoms with E-state index >= 15 is 0 Å². The predicted octanol–water partition coefficient (Wildman–Crippen LogP) is 3.81. The Morgan fingerprint density at radius 2 is 2.04 bits per heavy atom. The van der Waals surface area contributed by atoms with Crippen molar-refractivity contribution in [3.63, 3.8) is 0 Å². The van der Waals surface area contributed by atoms with Crippen molar-refractivity contribution in [1.29, 1.82) is 0 Å². The zero-order chi connectivity index (χ0) is 20.3. The van der Waals surface area contributed by atoms with Crippen molar-refractivity contribution in [3.05, 3.63) is 37.0 Å². The summed E-state index contributed by atoms with van der Waals surface area (Å²) in [6.45, 7) is 5.79. The van der Waals surface area contributed by atoms with E-state index in [1.165, 1.54) is 0 Å². The number of carboxylic acid groups (broad SMARTS) is 1. The Morgan fingerprint density at radius 1 is 1.30 bits per heavy atom. The first-order chi connectivity index (χ1) is 12.8. The van der Waals surface area contributed by atoms with E-state index in [9.17, 15) is 19.8 Å². The molecule has 0 bridgehead atoms. The van der Waals surface area contributed by atoms with Gasteiger partial charge >= 0.3 is 5.97 Å². The topological polar surface area (TPSA) is 94.8 Å². The van der Waals surface area contributed by atoms with Crippen molar-refractivity contribution >= 4 is 11.8 Å². The second kappa shape index (κ2) is 11.9. The molecule has 0 spiro atoms. The summed E-state index contributed by atoms with van der Waals surface area (Å²) < 4.78 is 0. The molecule has 0 amide bonds. The van der Waals surface area contributed by atoms with Crippen LogP contribution < -0.4 is 0 Å². The first-order valence-corrected chi connectivity index (χ1v) is 9.93. The van der Waals surface area contributed by atoms with Gasteiger partial charge in [0.05, 0.1) is 11.7 Å². The molecule has 152 valence electrons. The molecule has 4 atom stereocenters. The number of hydrogen-bond acceptors (Lipinski definition) is 4. The zero-order valence-electron chi connectivity index (χ0n) is 16.3.